The maximum absolute atomic E-state index is 9.64. The summed E-state index contributed by atoms with van der Waals surface area (Å²) < 4.78 is 5.52. The number of rotatable bonds is 4. The Bertz CT molecular complexity index is 535. The lowest BCUT2D eigenvalue weighted by Gasteiger charge is -2.03. The molecule has 0 saturated carbocycles. The molecule has 0 atom stereocenters. The zero-order valence-electron chi connectivity index (χ0n) is 10.8. The second kappa shape index (κ2) is 5.18. The molecule has 0 saturated heterocycles. The molecule has 0 aliphatic heterocycles. The zero-order valence-corrected chi connectivity index (χ0v) is 10.8. The van der Waals surface area contributed by atoms with Gasteiger partial charge in [0.1, 0.15) is 5.75 Å². The van der Waals surface area contributed by atoms with Gasteiger partial charge in [-0.25, -0.2) is 0 Å². The summed E-state index contributed by atoms with van der Waals surface area (Å²) in [4.78, 5) is 0. The molecule has 2 N–H and O–H groups in total. The van der Waals surface area contributed by atoms with E-state index >= 15 is 0 Å². The number of hydrogen-bond acceptors (Lipinski definition) is 5. The van der Waals surface area contributed by atoms with E-state index in [9.17, 15) is 5.11 Å². The van der Waals surface area contributed by atoms with Crippen LogP contribution in [0.15, 0.2) is 22.6 Å². The number of aromatic hydroxyl groups is 1. The van der Waals surface area contributed by atoms with Crippen LogP contribution in [-0.4, -0.2) is 21.3 Å². The van der Waals surface area contributed by atoms with Gasteiger partial charge in [0, 0.05) is 11.6 Å². The third-order valence-corrected chi connectivity index (χ3v) is 2.58. The van der Waals surface area contributed by atoms with Crippen molar-refractivity contribution in [1.82, 2.24) is 15.5 Å². The van der Waals surface area contributed by atoms with Crippen molar-refractivity contribution in [3.63, 3.8) is 0 Å². The second-order valence-corrected chi connectivity index (χ2v) is 4.54. The number of aromatic nitrogens is 2. The third kappa shape index (κ3) is 2.87. The van der Waals surface area contributed by atoms with Gasteiger partial charge in [0.15, 0.2) is 0 Å². The smallest absolute Gasteiger partial charge is 0.247 e. The van der Waals surface area contributed by atoms with Crippen LogP contribution in [0.1, 0.15) is 25.3 Å². The van der Waals surface area contributed by atoms with E-state index in [1.54, 1.807) is 6.07 Å². The Hall–Kier alpha value is -1.88. The van der Waals surface area contributed by atoms with Crippen LogP contribution in [-0.2, 0) is 6.54 Å². The number of phenols is 1. The minimum Gasteiger partial charge on any atom is -0.508 e. The van der Waals surface area contributed by atoms with E-state index in [1.165, 1.54) is 0 Å². The minimum absolute atomic E-state index is 0.229. The molecular formula is C13H17N3O2. The largest absolute Gasteiger partial charge is 0.508 e. The summed E-state index contributed by atoms with van der Waals surface area (Å²) in [6.45, 7) is 6.48. The van der Waals surface area contributed by atoms with Gasteiger partial charge < -0.3 is 14.8 Å². The molecule has 96 valence electrons. The molecule has 1 aromatic heterocycles. The first-order valence-corrected chi connectivity index (χ1v) is 5.92. The first-order chi connectivity index (χ1) is 8.56. The molecule has 0 bridgehead atoms. The molecule has 0 aliphatic rings. The first-order valence-electron chi connectivity index (χ1n) is 5.92. The molecule has 0 fully saturated rings. The van der Waals surface area contributed by atoms with Gasteiger partial charge in [0.25, 0.3) is 0 Å². The number of hydrogen-bond donors (Lipinski definition) is 2. The molecule has 2 aromatic rings. The van der Waals surface area contributed by atoms with Crippen LogP contribution >= 0.6 is 0 Å². The molecule has 5 heteroatoms. The topological polar surface area (TPSA) is 71.2 Å². The van der Waals surface area contributed by atoms with Crippen molar-refractivity contribution < 1.29 is 9.52 Å². The van der Waals surface area contributed by atoms with Gasteiger partial charge in [-0.2, -0.15) is 0 Å². The van der Waals surface area contributed by atoms with E-state index in [4.69, 9.17) is 4.42 Å². The summed E-state index contributed by atoms with van der Waals surface area (Å²) in [5, 5.41) is 20.8. The predicted molar refractivity (Wildman–Crippen MR) is 68.1 cm³/mol. The highest BCUT2D eigenvalue weighted by molar-refractivity contribution is 5.57. The van der Waals surface area contributed by atoms with Crippen LogP contribution in [0.2, 0.25) is 0 Å². The lowest BCUT2D eigenvalue weighted by atomic mass is 10.1. The standard InChI is InChI=1S/C13H17N3O2/c1-8(2)14-7-12-15-16-13(18-12)10-5-4-9(3)11(17)6-10/h4-6,8,14,17H,7H2,1-3H3. The lowest BCUT2D eigenvalue weighted by molar-refractivity contribution is 0.457. The summed E-state index contributed by atoms with van der Waals surface area (Å²) in [5.41, 5.74) is 1.54. The monoisotopic (exact) mass is 247 g/mol. The molecule has 0 amide bonds. The van der Waals surface area contributed by atoms with Gasteiger partial charge in [0.05, 0.1) is 6.54 Å². The van der Waals surface area contributed by atoms with E-state index in [1.807, 2.05) is 19.1 Å². The van der Waals surface area contributed by atoms with E-state index in [-0.39, 0.29) is 5.75 Å². The van der Waals surface area contributed by atoms with E-state index < -0.39 is 0 Å². The Morgan fingerprint density at radius 3 is 2.78 bits per heavy atom. The van der Waals surface area contributed by atoms with Crippen molar-refractivity contribution in [2.45, 2.75) is 33.4 Å². The maximum Gasteiger partial charge on any atom is 0.247 e. The molecular weight excluding hydrogens is 230 g/mol. The fourth-order valence-corrected chi connectivity index (χ4v) is 1.48. The molecule has 0 radical (unpaired) electrons. The van der Waals surface area contributed by atoms with Crippen molar-refractivity contribution in [2.75, 3.05) is 0 Å². The molecule has 0 spiro atoms. The van der Waals surface area contributed by atoms with Gasteiger partial charge in [-0.05, 0) is 24.6 Å². The van der Waals surface area contributed by atoms with Crippen LogP contribution in [0, 0.1) is 6.92 Å². The lowest BCUT2D eigenvalue weighted by Crippen LogP contribution is -2.21. The Kier molecular flexibility index (Phi) is 3.62. The summed E-state index contributed by atoms with van der Waals surface area (Å²) in [6, 6.07) is 5.66. The summed E-state index contributed by atoms with van der Waals surface area (Å²) in [5.74, 6) is 1.19. The van der Waals surface area contributed by atoms with E-state index in [0.717, 1.165) is 11.1 Å². The highest BCUT2D eigenvalue weighted by atomic mass is 16.4. The highest BCUT2D eigenvalue weighted by Gasteiger charge is 2.10. The van der Waals surface area contributed by atoms with Crippen molar-refractivity contribution in [3.8, 4) is 17.2 Å². The number of nitrogens with one attached hydrogen (secondary N) is 1. The van der Waals surface area contributed by atoms with Crippen LogP contribution in [0.5, 0.6) is 5.75 Å². The van der Waals surface area contributed by atoms with Gasteiger partial charge in [-0.3, -0.25) is 0 Å². The highest BCUT2D eigenvalue weighted by Crippen LogP contribution is 2.24. The van der Waals surface area contributed by atoms with Gasteiger partial charge in [-0.15, -0.1) is 10.2 Å². The van der Waals surface area contributed by atoms with Crippen molar-refractivity contribution in [2.24, 2.45) is 0 Å². The van der Waals surface area contributed by atoms with Crippen molar-refractivity contribution >= 4 is 0 Å². The molecule has 5 nitrogen and oxygen atoms in total. The van der Waals surface area contributed by atoms with Crippen LogP contribution < -0.4 is 5.32 Å². The van der Waals surface area contributed by atoms with Gasteiger partial charge in [0.2, 0.25) is 11.8 Å². The molecule has 0 unspecified atom stereocenters. The van der Waals surface area contributed by atoms with E-state index in [2.05, 4.69) is 29.4 Å². The Morgan fingerprint density at radius 1 is 1.33 bits per heavy atom. The molecule has 1 heterocycles. The van der Waals surface area contributed by atoms with Crippen LogP contribution in [0.4, 0.5) is 0 Å². The van der Waals surface area contributed by atoms with Gasteiger partial charge in [-0.1, -0.05) is 19.9 Å². The van der Waals surface area contributed by atoms with E-state index in [0.29, 0.717) is 24.4 Å². The molecule has 1 aromatic carbocycles. The zero-order chi connectivity index (χ0) is 13.1. The second-order valence-electron chi connectivity index (χ2n) is 4.54. The third-order valence-electron chi connectivity index (χ3n) is 2.58. The number of aryl methyl sites for hydroxylation is 1. The minimum atomic E-state index is 0.229. The normalized spacial score (nSPS) is 11.1. The summed E-state index contributed by atoms with van der Waals surface area (Å²) >= 11 is 0. The Labute approximate surface area is 106 Å². The van der Waals surface area contributed by atoms with Crippen molar-refractivity contribution in [3.05, 3.63) is 29.7 Å². The first kappa shape index (κ1) is 12.6. The van der Waals surface area contributed by atoms with Crippen molar-refractivity contribution in [1.29, 1.82) is 0 Å². The maximum atomic E-state index is 9.64. The Morgan fingerprint density at radius 2 is 2.11 bits per heavy atom. The summed E-state index contributed by atoms with van der Waals surface area (Å²) in [6.07, 6.45) is 0. The van der Waals surface area contributed by atoms with Crippen LogP contribution in [0.3, 0.4) is 0 Å². The number of phenolic OH excluding ortho intramolecular Hbond substituents is 1. The average molecular weight is 247 g/mol. The fourth-order valence-electron chi connectivity index (χ4n) is 1.48. The average Bonchev–Trinajstić information content (AvgIpc) is 2.79. The summed E-state index contributed by atoms with van der Waals surface area (Å²) in [7, 11) is 0. The predicted octanol–water partition coefficient (Wildman–Crippen LogP) is 2.25. The Balaban J connectivity index is 2.16. The fraction of sp³-hybridized carbons (Fsp3) is 0.385. The molecule has 0 aliphatic carbocycles. The molecule has 18 heavy (non-hydrogen) atoms. The van der Waals surface area contributed by atoms with Gasteiger partial charge >= 0.3 is 0 Å². The molecule has 2 rings (SSSR count). The number of benzene rings is 1. The van der Waals surface area contributed by atoms with Crippen LogP contribution in [0.25, 0.3) is 11.5 Å². The SMILES string of the molecule is Cc1ccc(-c2nnc(CNC(C)C)o2)cc1O. The number of nitrogens with zero attached hydrogens (tertiary/aromatic N) is 2. The quantitative estimate of drug-likeness (QED) is 0.867.